The van der Waals surface area contributed by atoms with Crippen LogP contribution in [0.1, 0.15) is 17.0 Å². The van der Waals surface area contributed by atoms with Gasteiger partial charge in [0.05, 0.1) is 30.2 Å². The first-order valence-corrected chi connectivity index (χ1v) is 5.75. The lowest BCUT2D eigenvalue weighted by atomic mass is 10.1. The molecule has 5 heteroatoms. The zero-order chi connectivity index (χ0) is 12.4. The minimum atomic E-state index is 0.0801. The number of aromatic nitrogens is 1. The summed E-state index contributed by atoms with van der Waals surface area (Å²) in [5, 5.41) is 7.69. The Hall–Kier alpha value is -1.62. The van der Waals surface area contributed by atoms with Crippen molar-refractivity contribution < 1.29 is 4.74 Å². The van der Waals surface area contributed by atoms with Crippen molar-refractivity contribution in [3.8, 4) is 0 Å². The van der Waals surface area contributed by atoms with Gasteiger partial charge >= 0.3 is 0 Å². The molecule has 5 nitrogen and oxygen atoms in total. The second kappa shape index (κ2) is 4.71. The van der Waals surface area contributed by atoms with Gasteiger partial charge < -0.3 is 15.4 Å². The Balaban J connectivity index is 2.46. The number of ether oxygens (including phenoxy) is 1. The summed E-state index contributed by atoms with van der Waals surface area (Å²) in [5.41, 5.74) is 9.18. The molecule has 2 rings (SSSR count). The van der Waals surface area contributed by atoms with Crippen LogP contribution in [0.5, 0.6) is 0 Å². The summed E-state index contributed by atoms with van der Waals surface area (Å²) < 4.78 is 5.34. The van der Waals surface area contributed by atoms with Gasteiger partial charge in [-0.15, -0.1) is 0 Å². The number of nitrogen functional groups attached to an aromatic ring is 1. The van der Waals surface area contributed by atoms with Crippen LogP contribution in [0, 0.1) is 19.3 Å². The molecule has 0 saturated carbocycles. The molecule has 0 aromatic carbocycles. The van der Waals surface area contributed by atoms with E-state index in [9.17, 15) is 0 Å². The fraction of sp³-hybridized carbons (Fsp3) is 0.500. The average Bonchev–Trinajstić information content (AvgIpc) is 2.28. The highest BCUT2D eigenvalue weighted by Crippen LogP contribution is 2.24. The molecule has 1 aromatic rings. The number of anilines is 1. The molecule has 0 unspecified atom stereocenters. The van der Waals surface area contributed by atoms with Crippen molar-refractivity contribution in [2.75, 3.05) is 31.2 Å². The molecular formula is C12H18N4O. The van der Waals surface area contributed by atoms with E-state index < -0.39 is 0 Å². The first-order chi connectivity index (χ1) is 8.09. The van der Waals surface area contributed by atoms with E-state index in [0.717, 1.165) is 48.9 Å². The Morgan fingerprint density at radius 1 is 1.41 bits per heavy atom. The number of hydrogen-bond donors (Lipinski definition) is 2. The maximum atomic E-state index is 7.69. The number of aryl methyl sites for hydroxylation is 2. The van der Waals surface area contributed by atoms with Crippen LogP contribution in [0.3, 0.4) is 0 Å². The molecule has 2 heterocycles. The van der Waals surface area contributed by atoms with E-state index in [1.54, 1.807) is 0 Å². The number of hydrogen-bond acceptors (Lipinski definition) is 4. The van der Waals surface area contributed by atoms with Gasteiger partial charge in [-0.1, -0.05) is 0 Å². The number of nitrogens with zero attached hydrogens (tertiary/aromatic N) is 2. The summed E-state index contributed by atoms with van der Waals surface area (Å²) in [4.78, 5) is 6.58. The normalized spacial score (nSPS) is 16.0. The zero-order valence-electron chi connectivity index (χ0n) is 10.3. The van der Waals surface area contributed by atoms with Crippen LogP contribution in [-0.2, 0) is 4.74 Å². The number of pyridine rings is 1. The van der Waals surface area contributed by atoms with Crippen molar-refractivity contribution >= 4 is 11.5 Å². The Labute approximate surface area is 101 Å². The van der Waals surface area contributed by atoms with Crippen molar-refractivity contribution in [1.29, 1.82) is 5.41 Å². The van der Waals surface area contributed by atoms with Crippen LogP contribution in [0.15, 0.2) is 6.07 Å². The predicted octanol–water partition coefficient (Wildman–Crippen LogP) is 0.819. The topological polar surface area (TPSA) is 75.2 Å². The molecule has 1 fully saturated rings. The summed E-state index contributed by atoms with van der Waals surface area (Å²) in [6, 6.07) is 2.00. The first-order valence-electron chi connectivity index (χ1n) is 5.75. The van der Waals surface area contributed by atoms with Crippen LogP contribution in [0.4, 0.5) is 5.69 Å². The maximum absolute atomic E-state index is 7.69. The molecule has 1 aromatic heterocycles. The lowest BCUT2D eigenvalue weighted by Gasteiger charge is -2.31. The summed E-state index contributed by atoms with van der Waals surface area (Å²) in [6.45, 7) is 6.97. The van der Waals surface area contributed by atoms with Gasteiger partial charge in [-0.25, -0.2) is 0 Å². The third kappa shape index (κ3) is 2.39. The molecular weight excluding hydrogens is 216 g/mol. The highest BCUT2D eigenvalue weighted by atomic mass is 16.5. The van der Waals surface area contributed by atoms with Crippen molar-refractivity contribution in [2.45, 2.75) is 13.8 Å². The highest BCUT2D eigenvalue weighted by molar-refractivity contribution is 6.01. The van der Waals surface area contributed by atoms with Crippen molar-refractivity contribution in [3.63, 3.8) is 0 Å². The van der Waals surface area contributed by atoms with Crippen LogP contribution in [0.25, 0.3) is 0 Å². The molecule has 0 bridgehead atoms. The Kier molecular flexibility index (Phi) is 3.28. The first kappa shape index (κ1) is 11.9. The second-order valence-electron chi connectivity index (χ2n) is 4.26. The average molecular weight is 234 g/mol. The van der Waals surface area contributed by atoms with Crippen LogP contribution in [0.2, 0.25) is 0 Å². The molecule has 1 saturated heterocycles. The third-order valence-corrected chi connectivity index (χ3v) is 2.93. The van der Waals surface area contributed by atoms with E-state index in [1.807, 2.05) is 19.9 Å². The number of amidine groups is 1. The Bertz CT molecular complexity index is 438. The van der Waals surface area contributed by atoms with E-state index >= 15 is 0 Å². The fourth-order valence-corrected chi connectivity index (χ4v) is 2.19. The van der Waals surface area contributed by atoms with Gasteiger partial charge in [0.2, 0.25) is 0 Å². The van der Waals surface area contributed by atoms with E-state index in [1.165, 1.54) is 0 Å². The van der Waals surface area contributed by atoms with E-state index in [-0.39, 0.29) is 5.84 Å². The largest absolute Gasteiger partial charge is 0.384 e. The van der Waals surface area contributed by atoms with Crippen molar-refractivity contribution in [1.82, 2.24) is 4.98 Å². The Morgan fingerprint density at radius 3 is 2.65 bits per heavy atom. The standard InChI is InChI=1S/C12H18N4O/c1-8-7-10(16-3-5-17-6-4-16)11(12(13)14)9(2)15-8/h7H,3-6H2,1-2H3,(H3,13,14). The number of morpholine rings is 1. The minimum absolute atomic E-state index is 0.0801. The molecule has 0 atom stereocenters. The fourth-order valence-electron chi connectivity index (χ4n) is 2.19. The SMILES string of the molecule is Cc1cc(N2CCOCC2)c(C(=N)N)c(C)n1. The number of nitrogens with one attached hydrogen (secondary N) is 1. The summed E-state index contributed by atoms with van der Waals surface area (Å²) in [6.07, 6.45) is 0. The van der Waals surface area contributed by atoms with Gasteiger partial charge in [0, 0.05) is 18.8 Å². The van der Waals surface area contributed by atoms with Crippen molar-refractivity contribution in [3.05, 3.63) is 23.0 Å². The highest BCUT2D eigenvalue weighted by Gasteiger charge is 2.18. The summed E-state index contributed by atoms with van der Waals surface area (Å²) >= 11 is 0. The Morgan fingerprint density at radius 2 is 2.06 bits per heavy atom. The van der Waals surface area contributed by atoms with Gasteiger partial charge in [0.25, 0.3) is 0 Å². The molecule has 1 aliphatic rings. The molecule has 0 aliphatic carbocycles. The van der Waals surface area contributed by atoms with Crippen LogP contribution in [-0.4, -0.2) is 37.1 Å². The lowest BCUT2D eigenvalue weighted by molar-refractivity contribution is 0.122. The maximum Gasteiger partial charge on any atom is 0.126 e. The minimum Gasteiger partial charge on any atom is -0.384 e. The van der Waals surface area contributed by atoms with Gasteiger partial charge in [-0.3, -0.25) is 10.4 Å². The predicted molar refractivity (Wildman–Crippen MR) is 67.8 cm³/mol. The van der Waals surface area contributed by atoms with E-state index in [2.05, 4.69) is 9.88 Å². The summed E-state index contributed by atoms with van der Waals surface area (Å²) in [7, 11) is 0. The monoisotopic (exact) mass is 234 g/mol. The molecule has 0 radical (unpaired) electrons. The smallest absolute Gasteiger partial charge is 0.126 e. The molecule has 0 amide bonds. The molecule has 3 N–H and O–H groups in total. The van der Waals surface area contributed by atoms with Crippen LogP contribution >= 0.6 is 0 Å². The van der Waals surface area contributed by atoms with Gasteiger partial charge in [0.15, 0.2) is 0 Å². The number of rotatable bonds is 2. The molecule has 1 aliphatic heterocycles. The van der Waals surface area contributed by atoms with E-state index in [4.69, 9.17) is 15.9 Å². The van der Waals surface area contributed by atoms with E-state index in [0.29, 0.717) is 0 Å². The van der Waals surface area contributed by atoms with Crippen molar-refractivity contribution in [2.24, 2.45) is 5.73 Å². The zero-order valence-corrected chi connectivity index (χ0v) is 10.3. The van der Waals surface area contributed by atoms with Gasteiger partial charge in [0.1, 0.15) is 5.84 Å². The van der Waals surface area contributed by atoms with Crippen LogP contribution < -0.4 is 10.6 Å². The van der Waals surface area contributed by atoms with Gasteiger partial charge in [-0.2, -0.15) is 0 Å². The molecule has 0 spiro atoms. The van der Waals surface area contributed by atoms with Gasteiger partial charge in [-0.05, 0) is 19.9 Å². The quantitative estimate of drug-likeness (QED) is 0.587. The molecule has 17 heavy (non-hydrogen) atoms. The third-order valence-electron chi connectivity index (χ3n) is 2.93. The molecule has 92 valence electrons. The summed E-state index contributed by atoms with van der Waals surface area (Å²) in [5.74, 6) is 0.0801. The number of nitrogens with two attached hydrogens (primary N) is 1. The lowest BCUT2D eigenvalue weighted by Crippen LogP contribution is -2.38. The second-order valence-corrected chi connectivity index (χ2v) is 4.26.